The van der Waals surface area contributed by atoms with Gasteiger partial charge in [0.05, 0.1) is 0 Å². The van der Waals surface area contributed by atoms with Crippen molar-refractivity contribution in [3.63, 3.8) is 0 Å². The Morgan fingerprint density at radius 3 is 2.60 bits per heavy atom. The molecule has 7 heteroatoms. The summed E-state index contributed by atoms with van der Waals surface area (Å²) in [4.78, 5) is 26.8. The van der Waals surface area contributed by atoms with Crippen molar-refractivity contribution in [2.24, 2.45) is 5.11 Å². The molecule has 0 aromatic heterocycles. The van der Waals surface area contributed by atoms with Gasteiger partial charge in [0.25, 0.3) is 5.91 Å². The molecular weight excluding hydrogens is 320 g/mol. The fourth-order valence-corrected chi connectivity index (χ4v) is 2.58. The summed E-state index contributed by atoms with van der Waals surface area (Å²) in [6.07, 6.45) is 1.35. The predicted octanol–water partition coefficient (Wildman–Crippen LogP) is 3.89. The summed E-state index contributed by atoms with van der Waals surface area (Å²) in [6.45, 7) is 1.80. The van der Waals surface area contributed by atoms with Gasteiger partial charge in [0, 0.05) is 17.0 Å². The lowest BCUT2D eigenvalue weighted by atomic mass is 9.94. The number of aliphatic carboxylic acids is 1. The first-order valence-corrected chi connectivity index (χ1v) is 8.02. The molecule has 0 spiro atoms. The van der Waals surface area contributed by atoms with Gasteiger partial charge in [-0.3, -0.25) is 4.79 Å². The third kappa shape index (κ3) is 4.71. The van der Waals surface area contributed by atoms with Crippen LogP contribution in [0, 0.1) is 0 Å². The molecule has 0 saturated carbocycles. The first-order chi connectivity index (χ1) is 12.0. The average molecular weight is 340 g/mol. The zero-order chi connectivity index (χ0) is 18.3. The fraction of sp³-hybridized carbons (Fsp3) is 0.333. The lowest BCUT2D eigenvalue weighted by Crippen LogP contribution is -2.52. The van der Waals surface area contributed by atoms with Crippen LogP contribution in [0.2, 0.25) is 0 Å². The van der Waals surface area contributed by atoms with Crippen LogP contribution in [0.1, 0.15) is 36.5 Å². The Morgan fingerprint density at radius 1 is 1.20 bits per heavy atom. The Bertz CT molecular complexity index is 830. The minimum absolute atomic E-state index is 0.253. The predicted molar refractivity (Wildman–Crippen MR) is 95.3 cm³/mol. The highest BCUT2D eigenvalue weighted by Crippen LogP contribution is 2.19. The standard InChI is InChI=1S/C18H20N4O3/c1-18(17(24)25,10-4-5-11-20-22-19)21-16(23)15-9-8-13-6-2-3-7-14(13)12-15/h2-3,6-9,12H,4-5,10-11H2,1H3,(H,21,23)(H,24,25). The van der Waals surface area contributed by atoms with Gasteiger partial charge in [0.2, 0.25) is 0 Å². The van der Waals surface area contributed by atoms with E-state index in [-0.39, 0.29) is 6.42 Å². The summed E-state index contributed by atoms with van der Waals surface area (Å²) in [5.41, 5.74) is 7.28. The highest BCUT2D eigenvalue weighted by atomic mass is 16.4. The van der Waals surface area contributed by atoms with Crippen LogP contribution in [0.25, 0.3) is 21.2 Å². The van der Waals surface area contributed by atoms with E-state index in [1.165, 1.54) is 6.92 Å². The van der Waals surface area contributed by atoms with E-state index in [0.29, 0.717) is 24.9 Å². The number of benzene rings is 2. The van der Waals surface area contributed by atoms with Gasteiger partial charge in [0.1, 0.15) is 5.54 Å². The van der Waals surface area contributed by atoms with Gasteiger partial charge in [-0.25, -0.2) is 4.79 Å². The zero-order valence-corrected chi connectivity index (χ0v) is 14.0. The molecule has 2 aromatic rings. The summed E-state index contributed by atoms with van der Waals surface area (Å²) in [7, 11) is 0. The molecule has 0 aliphatic rings. The Morgan fingerprint density at radius 2 is 1.92 bits per heavy atom. The maximum Gasteiger partial charge on any atom is 0.329 e. The molecule has 2 aromatic carbocycles. The van der Waals surface area contributed by atoms with Gasteiger partial charge in [-0.05, 0) is 48.2 Å². The van der Waals surface area contributed by atoms with E-state index < -0.39 is 17.4 Å². The van der Waals surface area contributed by atoms with Crippen molar-refractivity contribution in [3.05, 3.63) is 58.5 Å². The van der Waals surface area contributed by atoms with Crippen molar-refractivity contribution in [1.82, 2.24) is 5.32 Å². The van der Waals surface area contributed by atoms with Crippen LogP contribution in [0.3, 0.4) is 0 Å². The van der Waals surface area contributed by atoms with Gasteiger partial charge >= 0.3 is 5.97 Å². The number of amides is 1. The molecule has 0 radical (unpaired) electrons. The van der Waals surface area contributed by atoms with E-state index in [9.17, 15) is 14.7 Å². The molecule has 0 saturated heterocycles. The SMILES string of the molecule is CC(CCCCN=[N+]=[N-])(NC(=O)c1ccc2ccccc2c1)C(=O)O. The lowest BCUT2D eigenvalue weighted by Gasteiger charge is -2.26. The Balaban J connectivity index is 2.09. The quantitative estimate of drug-likeness (QED) is 0.328. The number of azide groups is 1. The van der Waals surface area contributed by atoms with Crippen LogP contribution in [0.15, 0.2) is 47.6 Å². The van der Waals surface area contributed by atoms with Crippen molar-refractivity contribution >= 4 is 22.6 Å². The molecule has 2 rings (SSSR count). The number of unbranched alkanes of at least 4 members (excludes halogenated alkanes) is 1. The lowest BCUT2D eigenvalue weighted by molar-refractivity contribution is -0.144. The molecule has 1 amide bonds. The van der Waals surface area contributed by atoms with Crippen LogP contribution in [-0.4, -0.2) is 29.1 Å². The summed E-state index contributed by atoms with van der Waals surface area (Å²) < 4.78 is 0. The number of fused-ring (bicyclic) bond motifs is 1. The second kappa shape index (κ2) is 8.17. The molecule has 7 nitrogen and oxygen atoms in total. The van der Waals surface area contributed by atoms with Crippen molar-refractivity contribution in [2.45, 2.75) is 31.7 Å². The highest BCUT2D eigenvalue weighted by Gasteiger charge is 2.34. The summed E-state index contributed by atoms with van der Waals surface area (Å²) in [5, 5.41) is 17.5. The Labute approximate surface area is 145 Å². The monoisotopic (exact) mass is 340 g/mol. The third-order valence-corrected chi connectivity index (χ3v) is 4.12. The molecule has 1 atom stereocenters. The molecule has 0 bridgehead atoms. The molecule has 0 heterocycles. The van der Waals surface area contributed by atoms with Crippen LogP contribution in [0.4, 0.5) is 0 Å². The first kappa shape index (κ1) is 18.3. The molecule has 0 fully saturated rings. The summed E-state index contributed by atoms with van der Waals surface area (Å²) in [5.74, 6) is -1.52. The Kier molecular flexibility index (Phi) is 5.98. The highest BCUT2D eigenvalue weighted by molar-refractivity contribution is 6.00. The van der Waals surface area contributed by atoms with Gasteiger partial charge in [-0.2, -0.15) is 0 Å². The third-order valence-electron chi connectivity index (χ3n) is 4.12. The number of nitrogens with zero attached hydrogens (tertiary/aromatic N) is 3. The van der Waals surface area contributed by atoms with Crippen LogP contribution < -0.4 is 5.32 Å². The second-order valence-corrected chi connectivity index (χ2v) is 6.06. The molecular formula is C18H20N4O3. The van der Waals surface area contributed by atoms with E-state index in [1.54, 1.807) is 12.1 Å². The van der Waals surface area contributed by atoms with E-state index in [1.807, 2.05) is 30.3 Å². The maximum atomic E-state index is 12.5. The second-order valence-electron chi connectivity index (χ2n) is 6.06. The number of hydrogen-bond donors (Lipinski definition) is 2. The van der Waals surface area contributed by atoms with Crippen molar-refractivity contribution in [2.75, 3.05) is 6.54 Å². The van der Waals surface area contributed by atoms with Crippen LogP contribution in [-0.2, 0) is 4.79 Å². The van der Waals surface area contributed by atoms with Crippen LogP contribution in [0.5, 0.6) is 0 Å². The molecule has 0 aliphatic heterocycles. The average Bonchev–Trinajstić information content (AvgIpc) is 2.61. The first-order valence-electron chi connectivity index (χ1n) is 8.02. The topological polar surface area (TPSA) is 115 Å². The molecule has 1 unspecified atom stereocenters. The zero-order valence-electron chi connectivity index (χ0n) is 14.0. The van der Waals surface area contributed by atoms with Crippen LogP contribution >= 0.6 is 0 Å². The van der Waals surface area contributed by atoms with E-state index in [2.05, 4.69) is 15.3 Å². The van der Waals surface area contributed by atoms with Gasteiger partial charge < -0.3 is 10.4 Å². The molecule has 25 heavy (non-hydrogen) atoms. The molecule has 0 aliphatic carbocycles. The van der Waals surface area contributed by atoms with E-state index >= 15 is 0 Å². The minimum Gasteiger partial charge on any atom is -0.480 e. The minimum atomic E-state index is -1.38. The normalized spacial score (nSPS) is 12.8. The Hall–Kier alpha value is -3.05. The van der Waals surface area contributed by atoms with E-state index in [0.717, 1.165) is 10.8 Å². The van der Waals surface area contributed by atoms with Crippen molar-refractivity contribution in [3.8, 4) is 0 Å². The number of rotatable bonds is 8. The molecule has 2 N–H and O–H groups in total. The number of hydrogen-bond acceptors (Lipinski definition) is 3. The van der Waals surface area contributed by atoms with Gasteiger partial charge in [0.15, 0.2) is 0 Å². The summed E-state index contributed by atoms with van der Waals surface area (Å²) in [6, 6.07) is 12.9. The number of carbonyl (C=O) groups excluding carboxylic acids is 1. The number of carboxylic acids is 1. The number of carbonyl (C=O) groups is 2. The van der Waals surface area contributed by atoms with Gasteiger partial charge in [-0.15, -0.1) is 0 Å². The van der Waals surface area contributed by atoms with Gasteiger partial charge in [-0.1, -0.05) is 41.9 Å². The van der Waals surface area contributed by atoms with Crippen molar-refractivity contribution < 1.29 is 14.7 Å². The number of carboxylic acid groups (broad SMARTS) is 1. The smallest absolute Gasteiger partial charge is 0.329 e. The van der Waals surface area contributed by atoms with E-state index in [4.69, 9.17) is 5.53 Å². The van der Waals surface area contributed by atoms with Crippen molar-refractivity contribution in [1.29, 1.82) is 0 Å². The fourth-order valence-electron chi connectivity index (χ4n) is 2.58. The largest absolute Gasteiger partial charge is 0.480 e. The maximum absolute atomic E-state index is 12.5. The number of nitrogens with one attached hydrogen (secondary N) is 1. The summed E-state index contributed by atoms with van der Waals surface area (Å²) >= 11 is 0. The molecule has 130 valence electrons.